The van der Waals surface area contributed by atoms with Crippen molar-refractivity contribution >= 4 is 37.4 Å². The highest BCUT2D eigenvalue weighted by Gasteiger charge is 2.25. The lowest BCUT2D eigenvalue weighted by Gasteiger charge is -2.15. The monoisotopic (exact) mass is 379 g/mol. The Balaban J connectivity index is 1.83. The topological polar surface area (TPSA) is 83.5 Å². The van der Waals surface area contributed by atoms with Crippen molar-refractivity contribution in [1.82, 2.24) is 4.72 Å². The van der Waals surface area contributed by atoms with Gasteiger partial charge in [-0.05, 0) is 34.7 Å². The van der Waals surface area contributed by atoms with Gasteiger partial charge in [-0.25, -0.2) is 8.42 Å². The molecule has 0 saturated heterocycles. The third-order valence-electron chi connectivity index (χ3n) is 3.58. The molecule has 0 radical (unpaired) electrons. The molecule has 0 aliphatic heterocycles. The molecule has 3 aromatic rings. The van der Waals surface area contributed by atoms with Crippen LogP contribution < -0.4 is 4.72 Å². The lowest BCUT2D eigenvalue weighted by molar-refractivity contribution is -0.139. The third-order valence-corrected chi connectivity index (χ3v) is 5.80. The summed E-state index contributed by atoms with van der Waals surface area (Å²) in [6.45, 7) is 0. The lowest BCUT2D eigenvalue weighted by atomic mass is 10.1. The Bertz CT molecular complexity index is 1020. The molecule has 25 heavy (non-hydrogen) atoms. The summed E-state index contributed by atoms with van der Waals surface area (Å²) < 4.78 is 41.0. The van der Waals surface area contributed by atoms with E-state index >= 15 is 0 Å². The van der Waals surface area contributed by atoms with E-state index in [1.807, 2.05) is 0 Å². The highest BCUT2D eigenvalue weighted by molar-refractivity contribution is 7.88. The van der Waals surface area contributed by atoms with Crippen LogP contribution in [0.1, 0.15) is 17.2 Å². The largest absolute Gasteiger partial charge is 0.480 e. The van der Waals surface area contributed by atoms with Gasteiger partial charge in [0.1, 0.15) is 6.04 Å². The maximum Gasteiger partial charge on any atom is 0.326 e. The molecule has 0 aliphatic carbocycles. The molecule has 0 unspecified atom stereocenters. The fourth-order valence-electron chi connectivity index (χ4n) is 2.50. The first-order valence-electron chi connectivity index (χ1n) is 7.30. The van der Waals surface area contributed by atoms with Crippen LogP contribution >= 0.6 is 11.3 Å². The molecule has 0 bridgehead atoms. The summed E-state index contributed by atoms with van der Waals surface area (Å²) in [6, 6.07) is 12.9. The van der Waals surface area contributed by atoms with Gasteiger partial charge >= 0.3 is 5.97 Å². The van der Waals surface area contributed by atoms with E-state index < -0.39 is 27.8 Å². The van der Waals surface area contributed by atoms with Crippen LogP contribution in [0, 0.1) is 5.13 Å². The number of rotatable bonds is 6. The maximum absolute atomic E-state index is 13.3. The zero-order valence-corrected chi connectivity index (χ0v) is 14.5. The number of aliphatic carboxylic acids is 1. The minimum atomic E-state index is -3.91. The molecular formula is C17H14FNO4S2. The normalized spacial score (nSPS) is 13.0. The number of nitrogens with one attached hydrogen (secondary N) is 1. The molecule has 130 valence electrons. The molecule has 8 heteroatoms. The van der Waals surface area contributed by atoms with E-state index in [0.29, 0.717) is 16.5 Å². The average molecular weight is 379 g/mol. The molecular weight excluding hydrogens is 365 g/mol. The van der Waals surface area contributed by atoms with Crippen molar-refractivity contribution in [1.29, 1.82) is 0 Å². The van der Waals surface area contributed by atoms with E-state index in [9.17, 15) is 22.7 Å². The Morgan fingerprint density at radius 2 is 1.88 bits per heavy atom. The number of sulfonamides is 1. The molecule has 3 rings (SSSR count). The predicted octanol–water partition coefficient (Wildman–Crippen LogP) is 3.29. The van der Waals surface area contributed by atoms with Gasteiger partial charge in [-0.15, -0.1) is 11.3 Å². The molecule has 1 atom stereocenters. The second-order valence-electron chi connectivity index (χ2n) is 5.48. The van der Waals surface area contributed by atoms with Crippen LogP contribution in [0.25, 0.3) is 10.1 Å². The fourth-order valence-corrected chi connectivity index (χ4v) is 4.56. The summed E-state index contributed by atoms with van der Waals surface area (Å²) in [5, 5.41) is 9.61. The van der Waals surface area contributed by atoms with Crippen LogP contribution in [0.15, 0.2) is 54.6 Å². The Morgan fingerprint density at radius 1 is 1.16 bits per heavy atom. The number of hydrogen-bond donors (Lipinski definition) is 2. The molecule has 5 nitrogen and oxygen atoms in total. The van der Waals surface area contributed by atoms with Crippen LogP contribution in [0.3, 0.4) is 0 Å². The summed E-state index contributed by atoms with van der Waals surface area (Å²) in [5.74, 6) is -1.68. The van der Waals surface area contributed by atoms with Crippen molar-refractivity contribution in [2.75, 3.05) is 0 Å². The highest BCUT2D eigenvalue weighted by Crippen LogP contribution is 2.26. The Labute approximate surface area is 147 Å². The van der Waals surface area contributed by atoms with Gasteiger partial charge < -0.3 is 5.11 Å². The van der Waals surface area contributed by atoms with E-state index in [1.54, 1.807) is 48.5 Å². The van der Waals surface area contributed by atoms with E-state index in [1.165, 1.54) is 6.07 Å². The zero-order valence-electron chi connectivity index (χ0n) is 12.8. The van der Waals surface area contributed by atoms with Gasteiger partial charge in [0.05, 0.1) is 5.75 Å². The van der Waals surface area contributed by atoms with Crippen molar-refractivity contribution < 1.29 is 22.7 Å². The van der Waals surface area contributed by atoms with Gasteiger partial charge in [-0.2, -0.15) is 9.11 Å². The molecule has 2 N–H and O–H groups in total. The number of carboxylic acid groups (broad SMARTS) is 1. The first kappa shape index (κ1) is 17.5. The zero-order chi connectivity index (χ0) is 18.0. The number of carbonyl (C=O) groups is 1. The maximum atomic E-state index is 13.3. The molecule has 0 aliphatic rings. The van der Waals surface area contributed by atoms with Crippen LogP contribution in [-0.4, -0.2) is 19.5 Å². The fraction of sp³-hybridized carbons (Fsp3) is 0.118. The third kappa shape index (κ3) is 4.22. The molecule has 1 aromatic heterocycles. The summed E-state index contributed by atoms with van der Waals surface area (Å²) >= 11 is 0.981. The van der Waals surface area contributed by atoms with E-state index in [4.69, 9.17) is 0 Å². The van der Waals surface area contributed by atoms with E-state index in [2.05, 4.69) is 4.72 Å². The SMILES string of the molecule is O=C(O)[C@H](NS(=O)(=O)Cc1ccc2sc(F)cc2c1)c1ccccc1. The van der Waals surface area contributed by atoms with E-state index in [0.717, 1.165) is 16.0 Å². The van der Waals surface area contributed by atoms with Crippen molar-refractivity contribution in [3.8, 4) is 0 Å². The second kappa shape index (κ2) is 6.91. The quantitative estimate of drug-likeness (QED) is 0.688. The number of fused-ring (bicyclic) bond motifs is 1. The number of benzene rings is 2. The van der Waals surface area contributed by atoms with Gasteiger partial charge in [0.25, 0.3) is 0 Å². The minimum Gasteiger partial charge on any atom is -0.480 e. The lowest BCUT2D eigenvalue weighted by Crippen LogP contribution is -2.34. The van der Waals surface area contributed by atoms with Gasteiger partial charge in [-0.1, -0.05) is 36.4 Å². The molecule has 2 aromatic carbocycles. The number of hydrogen-bond acceptors (Lipinski definition) is 4. The summed E-state index contributed by atoms with van der Waals surface area (Å²) in [4.78, 5) is 11.4. The number of thiophene rings is 1. The smallest absolute Gasteiger partial charge is 0.326 e. The van der Waals surface area contributed by atoms with Gasteiger partial charge in [-0.3, -0.25) is 4.79 Å². The van der Waals surface area contributed by atoms with Crippen LogP contribution in [0.4, 0.5) is 4.39 Å². The first-order chi connectivity index (χ1) is 11.8. The summed E-state index contributed by atoms with van der Waals surface area (Å²) in [7, 11) is -3.91. The Morgan fingerprint density at radius 3 is 2.56 bits per heavy atom. The van der Waals surface area contributed by atoms with Crippen molar-refractivity contribution in [3.63, 3.8) is 0 Å². The van der Waals surface area contributed by atoms with Crippen LogP contribution in [0.2, 0.25) is 0 Å². The minimum absolute atomic E-state index is 0.342. The van der Waals surface area contributed by atoms with Crippen molar-refractivity contribution in [3.05, 3.63) is 70.9 Å². The number of halogens is 1. The van der Waals surface area contributed by atoms with Crippen molar-refractivity contribution in [2.24, 2.45) is 0 Å². The van der Waals surface area contributed by atoms with Crippen molar-refractivity contribution in [2.45, 2.75) is 11.8 Å². The molecule has 0 fully saturated rings. The predicted molar refractivity (Wildman–Crippen MR) is 94.4 cm³/mol. The van der Waals surface area contributed by atoms with Crippen LogP contribution in [0.5, 0.6) is 0 Å². The molecule has 0 saturated carbocycles. The average Bonchev–Trinajstić information content (AvgIpc) is 2.92. The number of carboxylic acids is 1. The van der Waals surface area contributed by atoms with E-state index in [-0.39, 0.29) is 5.13 Å². The Kier molecular flexibility index (Phi) is 4.85. The first-order valence-corrected chi connectivity index (χ1v) is 9.77. The van der Waals surface area contributed by atoms with Gasteiger partial charge in [0.15, 0.2) is 5.13 Å². The highest BCUT2D eigenvalue weighted by atomic mass is 32.2. The summed E-state index contributed by atoms with van der Waals surface area (Å²) in [6.07, 6.45) is 0. The molecule has 0 amide bonds. The molecule has 0 spiro atoms. The standard InChI is InChI=1S/C17H14FNO4S2/c18-15-9-13-8-11(6-7-14(13)24-15)10-25(22,23)19-16(17(20)21)12-4-2-1-3-5-12/h1-9,16,19H,10H2,(H,20,21)/t16-/m1/s1. The van der Waals surface area contributed by atoms with Crippen LogP contribution in [-0.2, 0) is 20.6 Å². The summed E-state index contributed by atoms with van der Waals surface area (Å²) in [5.41, 5.74) is 0.795. The second-order valence-corrected chi connectivity index (χ2v) is 8.27. The molecule has 1 heterocycles. The van der Waals surface area contributed by atoms with Gasteiger partial charge in [0.2, 0.25) is 10.0 Å². The Hall–Kier alpha value is -2.29. The van der Waals surface area contributed by atoms with Gasteiger partial charge in [0, 0.05) is 4.70 Å².